The van der Waals surface area contributed by atoms with E-state index in [2.05, 4.69) is 15.5 Å². The molecule has 2 amide bonds. The number of likely N-dealkylation sites (tertiary alicyclic amines) is 1. The van der Waals surface area contributed by atoms with Crippen LogP contribution < -0.4 is 10.6 Å². The molecule has 0 unspecified atom stereocenters. The molecule has 1 heterocycles. The quantitative estimate of drug-likeness (QED) is 0.821. The minimum atomic E-state index is 0.0455. The summed E-state index contributed by atoms with van der Waals surface area (Å²) < 4.78 is 0. The molecule has 2 aliphatic rings. The fourth-order valence-electron chi connectivity index (χ4n) is 3.47. The topological polar surface area (TPSA) is 61.4 Å². The molecule has 0 aromatic heterocycles. The number of hydrogen-bond donors (Lipinski definition) is 2. The monoisotopic (exact) mass is 295 g/mol. The fourth-order valence-corrected chi connectivity index (χ4v) is 3.47. The molecule has 5 nitrogen and oxygen atoms in total. The molecule has 1 aliphatic heterocycles. The van der Waals surface area contributed by atoms with Crippen LogP contribution in [0.25, 0.3) is 0 Å². The molecule has 0 spiro atoms. The predicted molar refractivity (Wildman–Crippen MR) is 82.9 cm³/mol. The standard InChI is InChI=1S/C16H29N3O2/c1-17-16(21)13-9-10-19(11-13)12-15(20)18-14-7-5-3-2-4-6-8-14/h13-14H,2-12H2,1H3,(H,17,21)(H,18,20)/t13-/m0/s1. The van der Waals surface area contributed by atoms with E-state index in [0.717, 1.165) is 25.8 Å². The van der Waals surface area contributed by atoms with Crippen molar-refractivity contribution in [1.29, 1.82) is 0 Å². The Morgan fingerprint density at radius 1 is 1.05 bits per heavy atom. The highest BCUT2D eigenvalue weighted by Crippen LogP contribution is 2.18. The lowest BCUT2D eigenvalue weighted by Crippen LogP contribution is -2.42. The van der Waals surface area contributed by atoms with Crippen molar-refractivity contribution in [3.05, 3.63) is 0 Å². The second kappa shape index (κ2) is 8.37. The number of amides is 2. The highest BCUT2D eigenvalue weighted by atomic mass is 16.2. The first-order valence-electron chi connectivity index (χ1n) is 8.42. The van der Waals surface area contributed by atoms with Gasteiger partial charge in [0.15, 0.2) is 0 Å². The van der Waals surface area contributed by atoms with E-state index in [9.17, 15) is 9.59 Å². The second-order valence-corrected chi connectivity index (χ2v) is 6.44. The molecule has 0 aromatic rings. The van der Waals surface area contributed by atoms with E-state index < -0.39 is 0 Å². The van der Waals surface area contributed by atoms with Crippen LogP contribution in [0.2, 0.25) is 0 Å². The average molecular weight is 295 g/mol. The Balaban J connectivity index is 1.70. The molecule has 0 aromatic carbocycles. The molecule has 5 heteroatoms. The minimum absolute atomic E-state index is 0.0455. The lowest BCUT2D eigenvalue weighted by molar-refractivity contribution is -0.125. The average Bonchev–Trinajstić information content (AvgIpc) is 2.89. The van der Waals surface area contributed by atoms with Gasteiger partial charge in [-0.3, -0.25) is 14.5 Å². The van der Waals surface area contributed by atoms with Crippen LogP contribution in [0, 0.1) is 5.92 Å². The summed E-state index contributed by atoms with van der Waals surface area (Å²) in [6, 6.07) is 0.357. The molecule has 1 aliphatic carbocycles. The molecular formula is C16H29N3O2. The zero-order chi connectivity index (χ0) is 15.1. The van der Waals surface area contributed by atoms with Crippen molar-refractivity contribution in [2.75, 3.05) is 26.7 Å². The molecule has 2 rings (SSSR count). The number of carbonyl (C=O) groups is 2. The van der Waals surface area contributed by atoms with Gasteiger partial charge in [-0.25, -0.2) is 0 Å². The maximum Gasteiger partial charge on any atom is 0.234 e. The Labute approximate surface area is 127 Å². The smallest absolute Gasteiger partial charge is 0.234 e. The van der Waals surface area contributed by atoms with Crippen molar-refractivity contribution in [2.45, 2.75) is 57.4 Å². The molecule has 0 bridgehead atoms. The molecule has 2 N–H and O–H groups in total. The van der Waals surface area contributed by atoms with E-state index in [1.807, 2.05) is 0 Å². The summed E-state index contributed by atoms with van der Waals surface area (Å²) in [7, 11) is 1.67. The lowest BCUT2D eigenvalue weighted by atomic mass is 9.97. The highest BCUT2D eigenvalue weighted by Gasteiger charge is 2.28. The van der Waals surface area contributed by atoms with Crippen LogP contribution in [0.15, 0.2) is 0 Å². The molecule has 1 saturated carbocycles. The Kier molecular flexibility index (Phi) is 6.49. The van der Waals surface area contributed by atoms with E-state index in [0.29, 0.717) is 19.1 Å². The molecule has 120 valence electrons. The van der Waals surface area contributed by atoms with Crippen molar-refractivity contribution in [3.63, 3.8) is 0 Å². The number of nitrogens with zero attached hydrogens (tertiary/aromatic N) is 1. The zero-order valence-corrected chi connectivity index (χ0v) is 13.2. The van der Waals surface area contributed by atoms with Crippen LogP contribution in [-0.2, 0) is 9.59 Å². The van der Waals surface area contributed by atoms with Gasteiger partial charge in [0.2, 0.25) is 11.8 Å². The van der Waals surface area contributed by atoms with Gasteiger partial charge in [-0.1, -0.05) is 32.1 Å². The van der Waals surface area contributed by atoms with Crippen LogP contribution in [0.1, 0.15) is 51.4 Å². The molecule has 1 atom stereocenters. The van der Waals surface area contributed by atoms with Gasteiger partial charge in [-0.15, -0.1) is 0 Å². The number of rotatable bonds is 4. The first-order chi connectivity index (χ1) is 10.2. The first-order valence-corrected chi connectivity index (χ1v) is 8.42. The predicted octanol–water partition coefficient (Wildman–Crippen LogP) is 1.28. The van der Waals surface area contributed by atoms with Crippen molar-refractivity contribution >= 4 is 11.8 Å². The summed E-state index contributed by atoms with van der Waals surface area (Å²) in [4.78, 5) is 25.8. The van der Waals surface area contributed by atoms with Crippen LogP contribution in [-0.4, -0.2) is 49.4 Å². The summed E-state index contributed by atoms with van der Waals surface area (Å²) >= 11 is 0. The largest absolute Gasteiger partial charge is 0.359 e. The Morgan fingerprint density at radius 2 is 1.71 bits per heavy atom. The summed E-state index contributed by atoms with van der Waals surface area (Å²) in [5.41, 5.74) is 0. The third-order valence-corrected chi connectivity index (χ3v) is 4.73. The summed E-state index contributed by atoms with van der Waals surface area (Å²) in [5, 5.41) is 5.88. The van der Waals surface area contributed by atoms with Crippen LogP contribution in [0.5, 0.6) is 0 Å². The first kappa shape index (κ1) is 16.3. The van der Waals surface area contributed by atoms with Gasteiger partial charge in [0.1, 0.15) is 0 Å². The molecule has 2 fully saturated rings. The van der Waals surface area contributed by atoms with Crippen molar-refractivity contribution in [3.8, 4) is 0 Å². The normalized spacial score (nSPS) is 25.1. The minimum Gasteiger partial charge on any atom is -0.359 e. The van der Waals surface area contributed by atoms with Crippen molar-refractivity contribution < 1.29 is 9.59 Å². The van der Waals surface area contributed by atoms with Crippen molar-refractivity contribution in [2.24, 2.45) is 5.92 Å². The maximum atomic E-state index is 12.2. The van der Waals surface area contributed by atoms with Gasteiger partial charge >= 0.3 is 0 Å². The zero-order valence-electron chi connectivity index (χ0n) is 13.2. The highest BCUT2D eigenvalue weighted by molar-refractivity contribution is 5.80. The molecule has 0 radical (unpaired) electrons. The van der Waals surface area contributed by atoms with E-state index in [1.54, 1.807) is 7.05 Å². The third kappa shape index (κ3) is 5.30. The van der Waals surface area contributed by atoms with Crippen LogP contribution in [0.3, 0.4) is 0 Å². The van der Waals surface area contributed by atoms with E-state index in [4.69, 9.17) is 0 Å². The third-order valence-electron chi connectivity index (χ3n) is 4.73. The molecule has 21 heavy (non-hydrogen) atoms. The van der Waals surface area contributed by atoms with Gasteiger partial charge < -0.3 is 10.6 Å². The van der Waals surface area contributed by atoms with Crippen LogP contribution >= 0.6 is 0 Å². The van der Waals surface area contributed by atoms with Gasteiger partial charge in [0.25, 0.3) is 0 Å². The van der Waals surface area contributed by atoms with Gasteiger partial charge in [-0.2, -0.15) is 0 Å². The Morgan fingerprint density at radius 3 is 2.38 bits per heavy atom. The molecular weight excluding hydrogens is 266 g/mol. The van der Waals surface area contributed by atoms with Gasteiger partial charge in [0, 0.05) is 19.6 Å². The van der Waals surface area contributed by atoms with E-state index >= 15 is 0 Å². The SMILES string of the molecule is CNC(=O)[C@H]1CCN(CC(=O)NC2CCCCCCC2)C1. The Hall–Kier alpha value is -1.10. The van der Waals surface area contributed by atoms with E-state index in [-0.39, 0.29) is 17.7 Å². The second-order valence-electron chi connectivity index (χ2n) is 6.44. The lowest BCUT2D eigenvalue weighted by Gasteiger charge is -2.23. The number of carbonyl (C=O) groups excluding carboxylic acids is 2. The van der Waals surface area contributed by atoms with Gasteiger partial charge in [0.05, 0.1) is 12.5 Å². The van der Waals surface area contributed by atoms with Crippen molar-refractivity contribution in [1.82, 2.24) is 15.5 Å². The number of nitrogens with one attached hydrogen (secondary N) is 2. The maximum absolute atomic E-state index is 12.2. The fraction of sp³-hybridized carbons (Fsp3) is 0.875. The summed E-state index contributed by atoms with van der Waals surface area (Å²) in [6.07, 6.45) is 9.49. The van der Waals surface area contributed by atoms with Gasteiger partial charge in [-0.05, 0) is 25.8 Å². The summed E-state index contributed by atoms with van der Waals surface area (Å²) in [6.45, 7) is 1.98. The Bertz CT molecular complexity index is 351. The molecule has 1 saturated heterocycles. The van der Waals surface area contributed by atoms with Crippen LogP contribution in [0.4, 0.5) is 0 Å². The summed E-state index contributed by atoms with van der Waals surface area (Å²) in [5.74, 6) is 0.264. The number of hydrogen-bond acceptors (Lipinski definition) is 3. The van der Waals surface area contributed by atoms with E-state index in [1.165, 1.54) is 32.1 Å².